The lowest BCUT2D eigenvalue weighted by atomic mass is 10.1. The molecule has 0 heterocycles. The van der Waals surface area contributed by atoms with E-state index in [2.05, 4.69) is 0 Å². The molecule has 1 radical (unpaired) electrons. The van der Waals surface area contributed by atoms with Gasteiger partial charge in [-0.05, 0) is 13.8 Å². The fourth-order valence-corrected chi connectivity index (χ4v) is 0.340. The van der Waals surface area contributed by atoms with Crippen molar-refractivity contribution in [3.05, 3.63) is 0 Å². The van der Waals surface area contributed by atoms with E-state index in [1.807, 2.05) is 0 Å². The minimum atomic E-state index is -0.963. The van der Waals surface area contributed by atoms with E-state index < -0.39 is 12.1 Å². The van der Waals surface area contributed by atoms with Gasteiger partial charge < -0.3 is 5.11 Å². The van der Waals surface area contributed by atoms with Gasteiger partial charge in [-0.25, -0.2) is 5.73 Å². The molecule has 0 aliphatic carbocycles. The van der Waals surface area contributed by atoms with E-state index in [0.717, 1.165) is 0 Å². The highest BCUT2D eigenvalue weighted by Gasteiger charge is 2.13. The summed E-state index contributed by atoms with van der Waals surface area (Å²) in [6.07, 6.45) is -0.840. The molecule has 0 rings (SSSR count). The van der Waals surface area contributed by atoms with E-state index >= 15 is 0 Å². The van der Waals surface area contributed by atoms with E-state index in [9.17, 15) is 4.79 Å². The first-order valence-electron chi connectivity index (χ1n) is 2.45. The van der Waals surface area contributed by atoms with Gasteiger partial charge in [-0.1, -0.05) is 0 Å². The number of ketones is 1. The van der Waals surface area contributed by atoms with Gasteiger partial charge in [-0.3, -0.25) is 4.79 Å². The smallest absolute Gasteiger partial charge is 0.150 e. The molecule has 0 spiro atoms. The van der Waals surface area contributed by atoms with Crippen molar-refractivity contribution in [1.29, 1.82) is 0 Å². The summed E-state index contributed by atoms with van der Waals surface area (Å²) in [6.45, 7) is 2.73. The van der Waals surface area contributed by atoms with E-state index in [4.69, 9.17) is 10.8 Å². The SMILES string of the molecule is CC(=O)[C@@H]([NH])[C@@H](C)O. The number of hydrogen-bond acceptors (Lipinski definition) is 2. The van der Waals surface area contributed by atoms with E-state index in [1.165, 1.54) is 13.8 Å². The quantitative estimate of drug-likeness (QED) is 0.534. The van der Waals surface area contributed by atoms with Crippen molar-refractivity contribution in [2.75, 3.05) is 0 Å². The molecule has 0 saturated heterocycles. The molecule has 0 saturated carbocycles. The molecule has 3 heteroatoms. The van der Waals surface area contributed by atoms with Crippen LogP contribution in [0.3, 0.4) is 0 Å². The Bertz CT molecular complexity index is 90.4. The van der Waals surface area contributed by atoms with Crippen molar-refractivity contribution >= 4 is 5.78 Å². The van der Waals surface area contributed by atoms with Crippen LogP contribution in [0.15, 0.2) is 0 Å². The second-order valence-electron chi connectivity index (χ2n) is 1.83. The summed E-state index contributed by atoms with van der Waals surface area (Å²) in [4.78, 5) is 10.2. The van der Waals surface area contributed by atoms with Gasteiger partial charge >= 0.3 is 0 Å². The lowest BCUT2D eigenvalue weighted by Gasteiger charge is -2.07. The Kier molecular flexibility index (Phi) is 2.65. The standard InChI is InChI=1S/C5H10NO2/c1-3(7)5(6)4(2)8/h3,5-7H,1-2H3/t3-,5+/m1/s1. The summed E-state index contributed by atoms with van der Waals surface area (Å²) >= 11 is 0. The zero-order chi connectivity index (χ0) is 6.73. The molecule has 0 aromatic rings. The Balaban J connectivity index is 3.64. The molecule has 47 valence electrons. The van der Waals surface area contributed by atoms with Crippen molar-refractivity contribution in [2.45, 2.75) is 26.0 Å². The average molecular weight is 116 g/mol. The Labute approximate surface area is 48.5 Å². The Hall–Kier alpha value is -0.410. The highest BCUT2D eigenvalue weighted by molar-refractivity contribution is 5.81. The summed E-state index contributed by atoms with van der Waals surface area (Å²) in [5.74, 6) is -0.292. The average Bonchev–Trinajstić information content (AvgIpc) is 1.64. The molecular weight excluding hydrogens is 106 g/mol. The molecular formula is C5H10NO2. The molecule has 0 fully saturated rings. The van der Waals surface area contributed by atoms with E-state index in [-0.39, 0.29) is 5.78 Å². The van der Waals surface area contributed by atoms with Crippen LogP contribution in [0, 0.1) is 0 Å². The number of carbonyl (C=O) groups excluding carboxylic acids is 1. The Morgan fingerprint density at radius 1 is 1.75 bits per heavy atom. The molecule has 0 aromatic heterocycles. The number of aliphatic hydroxyl groups is 1. The molecule has 0 unspecified atom stereocenters. The van der Waals surface area contributed by atoms with Gasteiger partial charge in [0.25, 0.3) is 0 Å². The third-order valence-corrected chi connectivity index (χ3v) is 0.920. The molecule has 8 heavy (non-hydrogen) atoms. The Morgan fingerprint density at radius 2 is 2.12 bits per heavy atom. The van der Waals surface area contributed by atoms with Gasteiger partial charge in [0.2, 0.25) is 0 Å². The molecule has 0 amide bonds. The second-order valence-corrected chi connectivity index (χ2v) is 1.83. The first-order valence-corrected chi connectivity index (χ1v) is 2.45. The maximum Gasteiger partial charge on any atom is 0.150 e. The molecule has 0 bridgehead atoms. The molecule has 3 nitrogen and oxygen atoms in total. The summed E-state index contributed by atoms with van der Waals surface area (Å²) in [5.41, 5.74) is 6.88. The third-order valence-electron chi connectivity index (χ3n) is 0.920. The fourth-order valence-electron chi connectivity index (χ4n) is 0.340. The highest BCUT2D eigenvalue weighted by Crippen LogP contribution is 1.90. The largest absolute Gasteiger partial charge is 0.391 e. The number of Topliss-reactive ketones (excluding diaryl/α,β-unsaturated/α-hetero) is 1. The van der Waals surface area contributed by atoms with Crippen molar-refractivity contribution < 1.29 is 9.90 Å². The zero-order valence-electron chi connectivity index (χ0n) is 5.01. The first-order chi connectivity index (χ1) is 3.55. The topological polar surface area (TPSA) is 61.1 Å². The van der Waals surface area contributed by atoms with Gasteiger partial charge in [0.1, 0.15) is 6.04 Å². The van der Waals surface area contributed by atoms with Crippen LogP contribution >= 0.6 is 0 Å². The number of aliphatic hydroxyl groups excluding tert-OH is 1. The monoisotopic (exact) mass is 116 g/mol. The molecule has 0 aromatic carbocycles. The van der Waals surface area contributed by atoms with Gasteiger partial charge in [-0.2, -0.15) is 0 Å². The predicted molar refractivity (Wildman–Crippen MR) is 29.2 cm³/mol. The molecule has 0 aliphatic heterocycles. The minimum Gasteiger partial charge on any atom is -0.391 e. The normalized spacial score (nSPS) is 17.5. The summed E-state index contributed by atoms with van der Waals surface area (Å²) in [6, 6.07) is -0.963. The predicted octanol–water partition coefficient (Wildman–Crippen LogP) is -0.392. The molecule has 0 aliphatic rings. The molecule has 2 N–H and O–H groups in total. The summed E-state index contributed by atoms with van der Waals surface area (Å²) in [5, 5.41) is 8.58. The van der Waals surface area contributed by atoms with Gasteiger partial charge in [0.15, 0.2) is 5.78 Å². The maximum atomic E-state index is 10.2. The van der Waals surface area contributed by atoms with E-state index in [1.54, 1.807) is 0 Å². The Morgan fingerprint density at radius 3 is 2.12 bits per heavy atom. The molecule has 2 atom stereocenters. The zero-order valence-corrected chi connectivity index (χ0v) is 5.01. The summed E-state index contributed by atoms with van der Waals surface area (Å²) < 4.78 is 0. The van der Waals surface area contributed by atoms with Gasteiger partial charge in [-0.15, -0.1) is 0 Å². The van der Waals surface area contributed by atoms with Crippen LogP contribution in [0.2, 0.25) is 0 Å². The van der Waals surface area contributed by atoms with Crippen LogP contribution in [0.4, 0.5) is 0 Å². The van der Waals surface area contributed by atoms with Gasteiger partial charge in [0, 0.05) is 0 Å². The summed E-state index contributed by atoms with van der Waals surface area (Å²) in [7, 11) is 0. The van der Waals surface area contributed by atoms with Crippen molar-refractivity contribution in [2.24, 2.45) is 0 Å². The number of carbonyl (C=O) groups is 1. The van der Waals surface area contributed by atoms with Crippen molar-refractivity contribution in [3.63, 3.8) is 0 Å². The van der Waals surface area contributed by atoms with Crippen molar-refractivity contribution in [3.8, 4) is 0 Å². The van der Waals surface area contributed by atoms with Gasteiger partial charge in [0.05, 0.1) is 6.10 Å². The van der Waals surface area contributed by atoms with Crippen LogP contribution in [0.1, 0.15) is 13.8 Å². The third kappa shape index (κ3) is 2.04. The van der Waals surface area contributed by atoms with E-state index in [0.29, 0.717) is 0 Å². The van der Waals surface area contributed by atoms with Crippen LogP contribution in [-0.2, 0) is 4.79 Å². The lowest BCUT2D eigenvalue weighted by Crippen LogP contribution is -2.31. The van der Waals surface area contributed by atoms with Crippen LogP contribution in [-0.4, -0.2) is 23.0 Å². The van der Waals surface area contributed by atoms with Crippen LogP contribution < -0.4 is 5.73 Å². The number of rotatable bonds is 2. The van der Waals surface area contributed by atoms with Crippen LogP contribution in [0.25, 0.3) is 0 Å². The lowest BCUT2D eigenvalue weighted by molar-refractivity contribution is -0.120. The van der Waals surface area contributed by atoms with Crippen LogP contribution in [0.5, 0.6) is 0 Å². The van der Waals surface area contributed by atoms with Crippen molar-refractivity contribution in [1.82, 2.24) is 5.73 Å². The highest BCUT2D eigenvalue weighted by atomic mass is 16.3. The number of hydrogen-bond donors (Lipinski definition) is 1. The second kappa shape index (κ2) is 2.79. The maximum absolute atomic E-state index is 10.2. The fraction of sp³-hybridized carbons (Fsp3) is 0.800. The first kappa shape index (κ1) is 7.59. The minimum absolute atomic E-state index is 0.292. The number of nitrogens with one attached hydrogen (secondary N) is 1.